The highest BCUT2D eigenvalue weighted by atomic mass is 79.9. The van der Waals surface area contributed by atoms with Gasteiger partial charge in [-0.05, 0) is 77.4 Å². The lowest BCUT2D eigenvalue weighted by Gasteiger charge is -2.27. The van der Waals surface area contributed by atoms with Crippen molar-refractivity contribution in [3.05, 3.63) is 15.4 Å². The average molecular weight is 564 g/mol. The molecular weight excluding hydrogens is 541 g/mol. The van der Waals surface area contributed by atoms with E-state index in [1.165, 1.54) is 0 Å². The summed E-state index contributed by atoms with van der Waals surface area (Å²) in [5.41, 5.74) is -0.681. The van der Waals surface area contributed by atoms with Crippen molar-refractivity contribution in [2.24, 2.45) is 5.92 Å². The summed E-state index contributed by atoms with van der Waals surface area (Å²) in [5.74, 6) is -1.80. The van der Waals surface area contributed by atoms with Crippen LogP contribution < -0.4 is 10.6 Å². The summed E-state index contributed by atoms with van der Waals surface area (Å²) in [6.45, 7) is 6.24. The first-order chi connectivity index (χ1) is 13.8. The lowest BCUT2D eigenvalue weighted by atomic mass is 9.95. The summed E-state index contributed by atoms with van der Waals surface area (Å²) in [4.78, 5) is 29.7. The Kier molecular flexibility index (Phi) is 10.6. The number of hydrogen-bond donors (Lipinski definition) is 3. The fourth-order valence-corrected chi connectivity index (χ4v) is 3.31. The van der Waals surface area contributed by atoms with E-state index in [-0.39, 0.29) is 5.91 Å². The molecule has 13 heteroatoms. The van der Waals surface area contributed by atoms with Crippen LogP contribution in [0.3, 0.4) is 0 Å². The van der Waals surface area contributed by atoms with Gasteiger partial charge in [0.15, 0.2) is 5.82 Å². The molecule has 3 N–H and O–H groups in total. The minimum atomic E-state index is -5.08. The van der Waals surface area contributed by atoms with Crippen molar-refractivity contribution in [3.63, 3.8) is 0 Å². The van der Waals surface area contributed by atoms with Crippen molar-refractivity contribution < 1.29 is 32.6 Å². The van der Waals surface area contributed by atoms with E-state index in [2.05, 4.69) is 52.5 Å². The van der Waals surface area contributed by atoms with E-state index in [0.717, 1.165) is 39.0 Å². The standard InChI is InChI=1S/C15H22Br2N4O2.C2HF3O2/c1-15(2,19-6-3-10-4-7-23-8-5-10)14(22)21-13-12(17)20-11(16)9-18-13;3-2(4,5)1(6)7/h9-10,19H,3-8H2,1-2H3,(H,18,21,22);(H,6,7). The summed E-state index contributed by atoms with van der Waals surface area (Å²) in [6, 6.07) is 0. The Morgan fingerprint density at radius 3 is 2.33 bits per heavy atom. The van der Waals surface area contributed by atoms with E-state index in [9.17, 15) is 18.0 Å². The Balaban J connectivity index is 0.000000553. The van der Waals surface area contributed by atoms with Crippen molar-refractivity contribution in [1.29, 1.82) is 0 Å². The first-order valence-electron chi connectivity index (χ1n) is 8.95. The highest BCUT2D eigenvalue weighted by Gasteiger charge is 2.38. The van der Waals surface area contributed by atoms with Crippen molar-refractivity contribution in [3.8, 4) is 0 Å². The summed E-state index contributed by atoms with van der Waals surface area (Å²) >= 11 is 6.53. The van der Waals surface area contributed by atoms with E-state index in [4.69, 9.17) is 14.6 Å². The number of carbonyl (C=O) groups excluding carboxylic acids is 1. The van der Waals surface area contributed by atoms with Gasteiger partial charge in [-0.15, -0.1) is 0 Å². The molecule has 1 aromatic heterocycles. The number of anilines is 1. The Labute approximate surface area is 188 Å². The molecule has 1 amide bonds. The molecule has 1 fully saturated rings. The lowest BCUT2D eigenvalue weighted by molar-refractivity contribution is -0.192. The zero-order valence-electron chi connectivity index (χ0n) is 16.4. The van der Waals surface area contributed by atoms with Gasteiger partial charge in [0.05, 0.1) is 11.7 Å². The number of carboxylic acids is 1. The molecule has 30 heavy (non-hydrogen) atoms. The summed E-state index contributed by atoms with van der Waals surface area (Å²) in [7, 11) is 0. The Bertz CT molecular complexity index is 729. The second-order valence-electron chi connectivity index (χ2n) is 6.99. The van der Waals surface area contributed by atoms with Crippen molar-refractivity contribution in [2.75, 3.05) is 25.1 Å². The number of nitrogens with one attached hydrogen (secondary N) is 2. The largest absolute Gasteiger partial charge is 0.490 e. The minimum Gasteiger partial charge on any atom is -0.475 e. The highest BCUT2D eigenvalue weighted by Crippen LogP contribution is 2.21. The van der Waals surface area contributed by atoms with E-state index >= 15 is 0 Å². The molecule has 0 spiro atoms. The summed E-state index contributed by atoms with van der Waals surface area (Å²) in [5, 5.41) is 13.3. The number of alkyl halides is 3. The molecule has 0 radical (unpaired) electrons. The normalized spacial score (nSPS) is 15.2. The van der Waals surface area contributed by atoms with Gasteiger partial charge in [0.2, 0.25) is 5.91 Å². The molecule has 0 atom stereocenters. The van der Waals surface area contributed by atoms with Crippen molar-refractivity contribution >= 4 is 49.6 Å². The van der Waals surface area contributed by atoms with Gasteiger partial charge in [-0.3, -0.25) is 4.79 Å². The first kappa shape index (κ1) is 26.7. The third-order valence-corrected chi connectivity index (χ3v) is 5.14. The SMILES string of the molecule is CC(C)(NCCC1CCOCC1)C(=O)Nc1ncc(Br)nc1Br.O=C(O)C(F)(F)F. The zero-order chi connectivity index (χ0) is 22.9. The Hall–Kier alpha value is -1.31. The van der Waals surface area contributed by atoms with Crippen molar-refractivity contribution in [2.45, 2.75) is 44.8 Å². The van der Waals surface area contributed by atoms with Gasteiger partial charge < -0.3 is 20.5 Å². The van der Waals surface area contributed by atoms with Gasteiger partial charge >= 0.3 is 12.1 Å². The molecule has 0 bridgehead atoms. The fourth-order valence-electron chi connectivity index (χ4n) is 2.40. The molecule has 170 valence electrons. The van der Waals surface area contributed by atoms with Crippen LogP contribution in [-0.2, 0) is 14.3 Å². The van der Waals surface area contributed by atoms with Crippen LogP contribution in [0.1, 0.15) is 33.1 Å². The maximum Gasteiger partial charge on any atom is 0.490 e. The van der Waals surface area contributed by atoms with Crippen LogP contribution in [0, 0.1) is 5.92 Å². The van der Waals surface area contributed by atoms with Crippen LogP contribution in [0.4, 0.5) is 19.0 Å². The zero-order valence-corrected chi connectivity index (χ0v) is 19.5. The topological polar surface area (TPSA) is 113 Å². The van der Waals surface area contributed by atoms with Crippen LogP contribution in [-0.4, -0.2) is 58.4 Å². The van der Waals surface area contributed by atoms with Gasteiger partial charge in [-0.25, -0.2) is 14.8 Å². The van der Waals surface area contributed by atoms with Crippen LogP contribution in [0.5, 0.6) is 0 Å². The monoisotopic (exact) mass is 562 g/mol. The maximum atomic E-state index is 12.5. The van der Waals surface area contributed by atoms with Gasteiger partial charge in [0, 0.05) is 13.2 Å². The number of ether oxygens (including phenoxy) is 1. The number of nitrogens with zero attached hydrogens (tertiary/aromatic N) is 2. The molecule has 0 aromatic carbocycles. The third-order valence-electron chi connectivity index (χ3n) is 4.20. The number of aromatic nitrogens is 2. The van der Waals surface area contributed by atoms with Crippen molar-refractivity contribution in [1.82, 2.24) is 15.3 Å². The second-order valence-corrected chi connectivity index (χ2v) is 8.55. The van der Waals surface area contributed by atoms with Crippen LogP contribution in [0.2, 0.25) is 0 Å². The summed E-state index contributed by atoms with van der Waals surface area (Å²) < 4.78 is 38.2. The maximum absolute atomic E-state index is 12.5. The minimum absolute atomic E-state index is 0.137. The molecule has 1 aliphatic heterocycles. The number of hydrogen-bond acceptors (Lipinski definition) is 6. The predicted octanol–water partition coefficient (Wildman–Crippen LogP) is 3.76. The molecule has 0 aliphatic carbocycles. The highest BCUT2D eigenvalue weighted by molar-refractivity contribution is 9.11. The predicted molar refractivity (Wildman–Crippen MR) is 110 cm³/mol. The van der Waals surface area contributed by atoms with Crippen LogP contribution in [0.25, 0.3) is 0 Å². The Morgan fingerprint density at radius 1 is 1.27 bits per heavy atom. The van der Waals surface area contributed by atoms with E-state index in [1.807, 2.05) is 13.8 Å². The average Bonchev–Trinajstić information content (AvgIpc) is 2.64. The molecule has 1 aliphatic rings. The number of amides is 1. The van der Waals surface area contributed by atoms with E-state index in [1.54, 1.807) is 6.20 Å². The van der Waals surface area contributed by atoms with Crippen LogP contribution >= 0.6 is 31.9 Å². The number of halogens is 5. The molecule has 0 unspecified atom stereocenters. The number of carbonyl (C=O) groups is 2. The molecule has 2 heterocycles. The van der Waals surface area contributed by atoms with E-state index in [0.29, 0.717) is 20.9 Å². The van der Waals surface area contributed by atoms with Gasteiger partial charge in [0.25, 0.3) is 0 Å². The molecule has 2 rings (SSSR count). The quantitative estimate of drug-likeness (QED) is 0.483. The number of carboxylic acid groups (broad SMARTS) is 1. The van der Waals surface area contributed by atoms with Crippen LogP contribution in [0.15, 0.2) is 15.4 Å². The van der Waals surface area contributed by atoms with Gasteiger partial charge in [-0.2, -0.15) is 13.2 Å². The first-order valence-corrected chi connectivity index (χ1v) is 10.5. The molecule has 8 nitrogen and oxygen atoms in total. The van der Waals surface area contributed by atoms with Gasteiger partial charge in [-0.1, -0.05) is 0 Å². The Morgan fingerprint density at radius 2 is 1.83 bits per heavy atom. The molecular formula is C17H23Br2F3N4O4. The fraction of sp³-hybridized carbons (Fsp3) is 0.647. The van der Waals surface area contributed by atoms with E-state index < -0.39 is 17.7 Å². The molecule has 1 saturated heterocycles. The smallest absolute Gasteiger partial charge is 0.475 e. The number of aliphatic carboxylic acids is 1. The summed E-state index contributed by atoms with van der Waals surface area (Å²) in [6.07, 6.45) is -0.265. The second kappa shape index (κ2) is 11.9. The molecule has 1 aromatic rings. The number of rotatable bonds is 6. The third kappa shape index (κ3) is 9.67. The van der Waals surface area contributed by atoms with Gasteiger partial charge in [0.1, 0.15) is 9.21 Å². The molecule has 0 saturated carbocycles. The lowest BCUT2D eigenvalue weighted by Crippen LogP contribution is -2.50.